The Kier molecular flexibility index (Phi) is 11.0. The molecule has 0 amide bonds. The van der Waals surface area contributed by atoms with Crippen molar-refractivity contribution in [3.8, 4) is 0 Å². The number of hydrogen-bond acceptors (Lipinski definition) is 2. The van der Waals surface area contributed by atoms with E-state index < -0.39 is 16.6 Å². The fraction of sp³-hybridized carbons (Fsp3) is 1.00. The van der Waals surface area contributed by atoms with Gasteiger partial charge in [-0.15, -0.1) is 0 Å². The summed E-state index contributed by atoms with van der Waals surface area (Å²) in [5, 5.41) is 0. The molecule has 100 valence electrons. The second-order valence-electron chi connectivity index (χ2n) is 4.99. The smallest absolute Gasteiger partial charge is 0.191 e. The first-order valence-electron chi connectivity index (χ1n) is 6.49. The van der Waals surface area contributed by atoms with Crippen molar-refractivity contribution >= 4 is 16.6 Å². The lowest BCUT2D eigenvalue weighted by Gasteiger charge is -2.24. The van der Waals surface area contributed by atoms with Crippen LogP contribution in [0.25, 0.3) is 0 Å². The Labute approximate surface area is 105 Å². The van der Waals surface area contributed by atoms with E-state index in [-0.39, 0.29) is 0 Å². The van der Waals surface area contributed by atoms with Crippen LogP contribution >= 0.6 is 0 Å². The first kappa shape index (κ1) is 18.7. The van der Waals surface area contributed by atoms with Crippen molar-refractivity contribution in [1.82, 2.24) is 0 Å². The predicted octanol–water partition coefficient (Wildman–Crippen LogP) is 4.50. The Bertz CT molecular complexity index is 134. The van der Waals surface area contributed by atoms with E-state index in [0.717, 1.165) is 6.61 Å². The van der Waals surface area contributed by atoms with E-state index in [4.69, 9.17) is 8.85 Å². The molecular formula is C12H32O2Si2. The molecule has 0 radical (unpaired) electrons. The van der Waals surface area contributed by atoms with Crippen LogP contribution in [0.4, 0.5) is 0 Å². The molecule has 2 nitrogen and oxygen atoms in total. The third-order valence-electron chi connectivity index (χ3n) is 2.94. The van der Waals surface area contributed by atoms with Crippen LogP contribution in [0.15, 0.2) is 0 Å². The average molecular weight is 265 g/mol. The minimum absolute atomic E-state index is 0.871. The Morgan fingerprint density at radius 2 is 1.19 bits per heavy atom. The maximum Gasteiger partial charge on any atom is 0.191 e. The Hall–Kier alpha value is 0.354. The van der Waals surface area contributed by atoms with Crippen LogP contribution in [0.2, 0.25) is 37.8 Å². The van der Waals surface area contributed by atoms with Gasteiger partial charge in [0.05, 0.1) is 0 Å². The summed E-state index contributed by atoms with van der Waals surface area (Å²) in [6, 6.07) is 3.78. The van der Waals surface area contributed by atoms with E-state index >= 15 is 0 Å². The number of hydrogen-bond donors (Lipinski definition) is 0. The van der Waals surface area contributed by atoms with Gasteiger partial charge in [-0.3, -0.25) is 0 Å². The number of rotatable bonds is 6. The highest BCUT2D eigenvalue weighted by molar-refractivity contribution is 6.73. The lowest BCUT2D eigenvalue weighted by molar-refractivity contribution is 0.334. The quantitative estimate of drug-likeness (QED) is 0.658. The lowest BCUT2D eigenvalue weighted by atomic mass is 10.9. The maximum atomic E-state index is 5.52. The van der Waals surface area contributed by atoms with E-state index in [1.165, 1.54) is 18.1 Å². The van der Waals surface area contributed by atoms with Crippen molar-refractivity contribution < 1.29 is 8.85 Å². The summed E-state index contributed by atoms with van der Waals surface area (Å²) in [5.41, 5.74) is 0. The van der Waals surface area contributed by atoms with Crippen LogP contribution in [0.5, 0.6) is 0 Å². The van der Waals surface area contributed by atoms with E-state index in [1.54, 1.807) is 0 Å². The Morgan fingerprint density at radius 3 is 1.19 bits per heavy atom. The Balaban J connectivity index is 0. The SMILES string of the molecule is CCO[Si](C)(C)C.CC[Si](CC)(CC)OC. The molecule has 0 heterocycles. The van der Waals surface area contributed by atoms with Gasteiger partial charge in [-0.2, -0.15) is 0 Å². The zero-order valence-corrected chi connectivity index (χ0v) is 14.6. The normalized spacial score (nSPS) is 12.0. The van der Waals surface area contributed by atoms with Gasteiger partial charge >= 0.3 is 0 Å². The van der Waals surface area contributed by atoms with Gasteiger partial charge in [-0.1, -0.05) is 20.8 Å². The molecule has 4 heteroatoms. The first-order chi connectivity index (χ1) is 7.30. The topological polar surface area (TPSA) is 18.5 Å². The van der Waals surface area contributed by atoms with Crippen LogP contribution in [0, 0.1) is 0 Å². The molecular weight excluding hydrogens is 232 g/mol. The molecule has 0 saturated carbocycles. The van der Waals surface area contributed by atoms with Crippen molar-refractivity contribution in [3.63, 3.8) is 0 Å². The molecule has 0 bridgehead atoms. The van der Waals surface area contributed by atoms with Crippen molar-refractivity contribution in [3.05, 3.63) is 0 Å². The Morgan fingerprint density at radius 1 is 0.812 bits per heavy atom. The fourth-order valence-electron chi connectivity index (χ4n) is 1.62. The highest BCUT2D eigenvalue weighted by atomic mass is 28.4. The van der Waals surface area contributed by atoms with Gasteiger partial charge < -0.3 is 8.85 Å². The summed E-state index contributed by atoms with van der Waals surface area (Å²) < 4.78 is 10.9. The minimum atomic E-state index is -1.19. The molecule has 0 aliphatic carbocycles. The molecule has 0 atom stereocenters. The van der Waals surface area contributed by atoms with Crippen LogP contribution < -0.4 is 0 Å². The molecule has 0 spiro atoms. The first-order valence-corrected chi connectivity index (χ1v) is 12.4. The molecule has 0 fully saturated rings. The summed E-state index contributed by atoms with van der Waals surface area (Å²) in [6.07, 6.45) is 0. The second kappa shape index (κ2) is 9.39. The average Bonchev–Trinajstić information content (AvgIpc) is 2.21. The monoisotopic (exact) mass is 264 g/mol. The third kappa shape index (κ3) is 9.57. The van der Waals surface area contributed by atoms with Gasteiger partial charge in [0.2, 0.25) is 0 Å². The molecule has 0 aromatic heterocycles. The third-order valence-corrected chi connectivity index (χ3v) is 8.83. The van der Waals surface area contributed by atoms with Crippen LogP contribution in [0.3, 0.4) is 0 Å². The highest BCUT2D eigenvalue weighted by Crippen LogP contribution is 2.19. The van der Waals surface area contributed by atoms with Crippen molar-refractivity contribution in [2.24, 2.45) is 0 Å². The van der Waals surface area contributed by atoms with E-state index in [0.29, 0.717) is 0 Å². The molecule has 0 aliphatic rings. The summed E-state index contributed by atoms with van der Waals surface area (Å²) in [6.45, 7) is 16.2. The van der Waals surface area contributed by atoms with Gasteiger partial charge in [0.15, 0.2) is 16.6 Å². The molecule has 0 N–H and O–H groups in total. The standard InChI is InChI=1S/C7H18OSi.C5H14OSi/c1-5-9(6-2,7-3)8-4;1-5-6-7(2,3)4/h5-7H2,1-4H3;5H2,1-4H3. The van der Waals surface area contributed by atoms with Crippen LogP contribution in [0.1, 0.15) is 27.7 Å². The summed E-state index contributed by atoms with van der Waals surface area (Å²) in [5.74, 6) is 0. The largest absolute Gasteiger partial charge is 0.420 e. The van der Waals surface area contributed by atoms with Crippen LogP contribution in [-0.2, 0) is 8.85 Å². The van der Waals surface area contributed by atoms with E-state index in [1.807, 2.05) is 14.0 Å². The van der Waals surface area contributed by atoms with Gasteiger partial charge in [0.25, 0.3) is 0 Å². The molecule has 0 rings (SSSR count). The summed E-state index contributed by atoms with van der Waals surface area (Å²) in [7, 11) is -0.485. The predicted molar refractivity (Wildman–Crippen MR) is 79.2 cm³/mol. The van der Waals surface area contributed by atoms with Crippen molar-refractivity contribution in [2.45, 2.75) is 65.5 Å². The van der Waals surface area contributed by atoms with Gasteiger partial charge in [0, 0.05) is 13.7 Å². The summed E-state index contributed by atoms with van der Waals surface area (Å²) >= 11 is 0. The zero-order valence-electron chi connectivity index (χ0n) is 12.6. The molecule has 16 heavy (non-hydrogen) atoms. The fourth-order valence-corrected chi connectivity index (χ4v) is 4.85. The molecule has 0 aromatic rings. The zero-order chi connectivity index (χ0) is 13.2. The highest BCUT2D eigenvalue weighted by Gasteiger charge is 2.26. The molecule has 0 saturated heterocycles. The molecule has 0 unspecified atom stereocenters. The van der Waals surface area contributed by atoms with E-state index in [9.17, 15) is 0 Å². The van der Waals surface area contributed by atoms with Crippen LogP contribution in [-0.4, -0.2) is 30.4 Å². The van der Waals surface area contributed by atoms with Gasteiger partial charge in [-0.05, 0) is 44.7 Å². The van der Waals surface area contributed by atoms with Gasteiger partial charge in [0.1, 0.15) is 0 Å². The minimum Gasteiger partial charge on any atom is -0.420 e. The maximum absolute atomic E-state index is 5.52. The molecule has 0 aliphatic heterocycles. The molecule has 0 aromatic carbocycles. The summed E-state index contributed by atoms with van der Waals surface area (Å²) in [4.78, 5) is 0. The van der Waals surface area contributed by atoms with E-state index in [2.05, 4.69) is 40.4 Å². The van der Waals surface area contributed by atoms with Gasteiger partial charge in [-0.25, -0.2) is 0 Å². The van der Waals surface area contributed by atoms with Crippen molar-refractivity contribution in [1.29, 1.82) is 0 Å². The van der Waals surface area contributed by atoms with Crippen molar-refractivity contribution in [2.75, 3.05) is 13.7 Å². The lowest BCUT2D eigenvalue weighted by Crippen LogP contribution is -2.33. The second-order valence-corrected chi connectivity index (χ2v) is 14.4.